The van der Waals surface area contributed by atoms with E-state index in [0.717, 1.165) is 0 Å². The van der Waals surface area contributed by atoms with Gasteiger partial charge < -0.3 is 20.4 Å². The van der Waals surface area contributed by atoms with Gasteiger partial charge in [0.2, 0.25) is 0 Å². The summed E-state index contributed by atoms with van der Waals surface area (Å²) in [4.78, 5) is 0. The first kappa shape index (κ1) is 17.1. The molecule has 0 amide bonds. The molecule has 1 aromatic carbocycles. The lowest BCUT2D eigenvalue weighted by Crippen LogP contribution is -2.60. The van der Waals surface area contributed by atoms with Gasteiger partial charge in [0.25, 0.3) is 0 Å². The molecule has 0 spiro atoms. The molecule has 4 N–H and O–H groups in total. The Bertz CT molecular complexity index is 416. The van der Waals surface area contributed by atoms with Crippen molar-refractivity contribution in [2.24, 2.45) is 10.8 Å². The average Bonchev–Trinajstić information content (AvgIpc) is 2.40. The van der Waals surface area contributed by atoms with Crippen LogP contribution in [0.15, 0.2) is 30.3 Å². The summed E-state index contributed by atoms with van der Waals surface area (Å²) in [5.41, 5.74) is -3.06. The third kappa shape index (κ3) is 2.74. The molecule has 0 saturated carbocycles. The van der Waals surface area contributed by atoms with Gasteiger partial charge in [-0.3, -0.25) is 0 Å². The maximum atomic E-state index is 10.9. The normalized spacial score (nSPS) is 17.6. The molecular weight excluding hydrogens is 256 g/mol. The Balaban J connectivity index is 3.39. The van der Waals surface area contributed by atoms with E-state index in [9.17, 15) is 20.4 Å². The molecule has 0 saturated heterocycles. The molecule has 0 aromatic heterocycles. The summed E-state index contributed by atoms with van der Waals surface area (Å²) in [5, 5.41) is 41.2. The Morgan fingerprint density at radius 1 is 0.950 bits per heavy atom. The van der Waals surface area contributed by atoms with Gasteiger partial charge in [0, 0.05) is 0 Å². The SMILES string of the molecule is CC(C)(C)C(O)C(CO)(CO)C(C)(O)c1ccccc1. The van der Waals surface area contributed by atoms with Crippen LogP contribution < -0.4 is 0 Å². The molecule has 0 aliphatic carbocycles. The number of benzene rings is 1. The molecule has 0 bridgehead atoms. The van der Waals surface area contributed by atoms with Crippen molar-refractivity contribution in [1.29, 1.82) is 0 Å². The quantitative estimate of drug-likeness (QED) is 0.655. The van der Waals surface area contributed by atoms with Crippen LogP contribution >= 0.6 is 0 Å². The average molecular weight is 282 g/mol. The molecule has 0 aliphatic heterocycles. The topological polar surface area (TPSA) is 80.9 Å². The monoisotopic (exact) mass is 282 g/mol. The van der Waals surface area contributed by atoms with Gasteiger partial charge in [-0.1, -0.05) is 51.1 Å². The third-order valence-electron chi connectivity index (χ3n) is 4.21. The van der Waals surface area contributed by atoms with Crippen LogP contribution in [0, 0.1) is 10.8 Å². The van der Waals surface area contributed by atoms with Crippen LogP contribution in [0.4, 0.5) is 0 Å². The van der Waals surface area contributed by atoms with Crippen LogP contribution in [-0.2, 0) is 5.60 Å². The van der Waals surface area contributed by atoms with Crippen LogP contribution in [0.25, 0.3) is 0 Å². The largest absolute Gasteiger partial charge is 0.395 e. The highest BCUT2D eigenvalue weighted by molar-refractivity contribution is 5.26. The predicted molar refractivity (Wildman–Crippen MR) is 78.1 cm³/mol. The van der Waals surface area contributed by atoms with Gasteiger partial charge in [-0.2, -0.15) is 0 Å². The van der Waals surface area contributed by atoms with E-state index in [1.165, 1.54) is 6.92 Å². The van der Waals surface area contributed by atoms with Crippen molar-refractivity contribution in [3.8, 4) is 0 Å². The molecule has 0 aliphatic rings. The van der Waals surface area contributed by atoms with Gasteiger partial charge >= 0.3 is 0 Å². The molecule has 1 rings (SSSR count). The zero-order valence-electron chi connectivity index (χ0n) is 12.7. The molecule has 0 heterocycles. The van der Waals surface area contributed by atoms with Crippen LogP contribution in [0.2, 0.25) is 0 Å². The van der Waals surface area contributed by atoms with E-state index in [-0.39, 0.29) is 0 Å². The smallest absolute Gasteiger partial charge is 0.0993 e. The molecular formula is C16H26O4. The summed E-state index contributed by atoms with van der Waals surface area (Å²) in [6.45, 7) is 5.88. The van der Waals surface area contributed by atoms with E-state index in [1.807, 2.05) is 6.07 Å². The Hall–Kier alpha value is -0.940. The minimum atomic E-state index is -1.57. The van der Waals surface area contributed by atoms with Crippen LogP contribution in [0.5, 0.6) is 0 Å². The molecule has 4 nitrogen and oxygen atoms in total. The first-order valence-electron chi connectivity index (χ1n) is 6.81. The molecule has 2 unspecified atom stereocenters. The number of rotatable bonds is 5. The van der Waals surface area contributed by atoms with Gasteiger partial charge in [0.1, 0.15) is 0 Å². The highest BCUT2D eigenvalue weighted by atomic mass is 16.3. The zero-order valence-corrected chi connectivity index (χ0v) is 12.7. The minimum absolute atomic E-state index is 0.524. The maximum absolute atomic E-state index is 10.9. The second kappa shape index (κ2) is 5.82. The summed E-state index contributed by atoms with van der Waals surface area (Å²) < 4.78 is 0. The van der Waals surface area contributed by atoms with Gasteiger partial charge in [0.15, 0.2) is 0 Å². The third-order valence-corrected chi connectivity index (χ3v) is 4.21. The van der Waals surface area contributed by atoms with Gasteiger partial charge in [0.05, 0.1) is 30.3 Å². The fourth-order valence-corrected chi connectivity index (χ4v) is 2.68. The summed E-state index contributed by atoms with van der Waals surface area (Å²) in [6.07, 6.45) is -1.08. The first-order valence-corrected chi connectivity index (χ1v) is 6.81. The van der Waals surface area contributed by atoms with Crippen molar-refractivity contribution < 1.29 is 20.4 Å². The van der Waals surface area contributed by atoms with Crippen molar-refractivity contribution in [3.05, 3.63) is 35.9 Å². The molecule has 0 radical (unpaired) electrons. The zero-order chi connectivity index (χ0) is 15.6. The lowest BCUT2D eigenvalue weighted by molar-refractivity contribution is -0.206. The molecule has 0 fully saturated rings. The first-order chi connectivity index (χ1) is 9.13. The summed E-state index contributed by atoms with van der Waals surface area (Å²) in [6, 6.07) is 8.80. The molecule has 114 valence electrons. The fraction of sp³-hybridized carbons (Fsp3) is 0.625. The highest BCUT2D eigenvalue weighted by Gasteiger charge is 2.55. The predicted octanol–water partition coefficient (Wildman–Crippen LogP) is 1.27. The number of hydrogen-bond donors (Lipinski definition) is 4. The Kier molecular flexibility index (Phi) is 4.98. The summed E-state index contributed by atoms with van der Waals surface area (Å²) in [7, 11) is 0. The van der Waals surface area contributed by atoms with Gasteiger partial charge in [-0.05, 0) is 17.9 Å². The van der Waals surface area contributed by atoms with E-state index in [2.05, 4.69) is 0 Å². The van der Waals surface area contributed by atoms with Crippen LogP contribution in [0.1, 0.15) is 33.3 Å². The second-order valence-electron chi connectivity index (χ2n) is 6.68. The van der Waals surface area contributed by atoms with E-state index in [4.69, 9.17) is 0 Å². The lowest BCUT2D eigenvalue weighted by atomic mass is 9.61. The van der Waals surface area contributed by atoms with E-state index >= 15 is 0 Å². The van der Waals surface area contributed by atoms with E-state index < -0.39 is 35.7 Å². The molecule has 2 atom stereocenters. The van der Waals surface area contributed by atoms with Crippen molar-refractivity contribution >= 4 is 0 Å². The van der Waals surface area contributed by atoms with Gasteiger partial charge in [-0.25, -0.2) is 0 Å². The summed E-state index contributed by atoms with van der Waals surface area (Å²) in [5.74, 6) is 0. The lowest BCUT2D eigenvalue weighted by Gasteiger charge is -2.50. The Morgan fingerprint density at radius 3 is 1.75 bits per heavy atom. The van der Waals surface area contributed by atoms with Crippen molar-refractivity contribution in [2.45, 2.75) is 39.4 Å². The van der Waals surface area contributed by atoms with Crippen molar-refractivity contribution in [2.75, 3.05) is 13.2 Å². The minimum Gasteiger partial charge on any atom is -0.395 e. The van der Waals surface area contributed by atoms with E-state index in [0.29, 0.717) is 5.56 Å². The molecule has 20 heavy (non-hydrogen) atoms. The number of hydrogen-bond acceptors (Lipinski definition) is 4. The number of aliphatic hydroxyl groups excluding tert-OH is 3. The van der Waals surface area contributed by atoms with Gasteiger partial charge in [-0.15, -0.1) is 0 Å². The standard InChI is InChI=1S/C16H26O4/c1-14(2,3)13(19)16(10-17,11-18)15(4,20)12-8-6-5-7-9-12/h5-9,13,17-20H,10-11H2,1-4H3. The maximum Gasteiger partial charge on any atom is 0.0993 e. The fourth-order valence-electron chi connectivity index (χ4n) is 2.68. The Labute approximate surface area is 120 Å². The van der Waals surface area contributed by atoms with Crippen LogP contribution in [-0.4, -0.2) is 39.7 Å². The molecule has 4 heteroatoms. The second-order valence-corrected chi connectivity index (χ2v) is 6.68. The Morgan fingerprint density at radius 2 is 1.40 bits per heavy atom. The van der Waals surface area contributed by atoms with Crippen LogP contribution in [0.3, 0.4) is 0 Å². The van der Waals surface area contributed by atoms with E-state index in [1.54, 1.807) is 45.0 Å². The highest BCUT2D eigenvalue weighted by Crippen LogP contribution is 2.46. The number of aliphatic hydroxyl groups is 4. The summed E-state index contributed by atoms with van der Waals surface area (Å²) >= 11 is 0. The van der Waals surface area contributed by atoms with Crippen molar-refractivity contribution in [3.63, 3.8) is 0 Å². The van der Waals surface area contributed by atoms with Crippen molar-refractivity contribution in [1.82, 2.24) is 0 Å². The molecule has 1 aromatic rings.